The van der Waals surface area contributed by atoms with Crippen LogP contribution in [-0.2, 0) is 4.79 Å². The van der Waals surface area contributed by atoms with E-state index in [-0.39, 0.29) is 5.91 Å². The molecular weight excluding hydrogens is 226 g/mol. The maximum Gasteiger partial charge on any atom is 0.258 e. The summed E-state index contributed by atoms with van der Waals surface area (Å²) in [5, 5.41) is 1.97. The first-order chi connectivity index (χ1) is 8.74. The molecule has 0 radical (unpaired) electrons. The van der Waals surface area contributed by atoms with E-state index in [1.807, 2.05) is 41.4 Å². The van der Waals surface area contributed by atoms with Gasteiger partial charge in [-0.15, -0.1) is 0 Å². The van der Waals surface area contributed by atoms with Crippen LogP contribution in [-0.4, -0.2) is 49.0 Å². The van der Waals surface area contributed by atoms with E-state index >= 15 is 0 Å². The lowest BCUT2D eigenvalue weighted by molar-refractivity contribution is -0.121. The average Bonchev–Trinajstić information content (AvgIpc) is 2.40. The Morgan fingerprint density at radius 1 is 1.17 bits per heavy atom. The molecule has 0 aromatic heterocycles. The molecule has 0 saturated carbocycles. The second kappa shape index (κ2) is 6.33. The molecule has 18 heavy (non-hydrogen) atoms. The van der Waals surface area contributed by atoms with Gasteiger partial charge in [0.15, 0.2) is 0 Å². The Labute approximate surface area is 108 Å². The Hall–Kier alpha value is -1.65. The van der Waals surface area contributed by atoms with Crippen LogP contribution >= 0.6 is 0 Å². The van der Waals surface area contributed by atoms with Crippen molar-refractivity contribution in [2.24, 2.45) is 0 Å². The maximum atomic E-state index is 11.7. The summed E-state index contributed by atoms with van der Waals surface area (Å²) in [5.41, 5.74) is 3.92. The van der Waals surface area contributed by atoms with E-state index in [9.17, 15) is 4.79 Å². The highest BCUT2D eigenvalue weighted by Gasteiger charge is 2.14. The van der Waals surface area contributed by atoms with E-state index in [2.05, 4.69) is 17.4 Å². The van der Waals surface area contributed by atoms with Gasteiger partial charge in [0, 0.05) is 32.3 Å². The minimum absolute atomic E-state index is 0.0663. The highest BCUT2D eigenvalue weighted by molar-refractivity contribution is 5.91. The van der Waals surface area contributed by atoms with Crippen LogP contribution in [0.5, 0.6) is 0 Å². The molecule has 1 fully saturated rings. The fraction of sp³-hybridized carbons (Fsp3) is 0.357. The van der Waals surface area contributed by atoms with Gasteiger partial charge >= 0.3 is 0 Å². The molecule has 4 heteroatoms. The van der Waals surface area contributed by atoms with E-state index in [1.54, 1.807) is 6.08 Å². The number of carbonyl (C=O) groups excluding carboxylic acids is 1. The molecule has 0 aliphatic carbocycles. The number of rotatable bonds is 3. The smallest absolute Gasteiger partial charge is 0.258 e. The van der Waals surface area contributed by atoms with Gasteiger partial charge in [0.25, 0.3) is 5.91 Å². The summed E-state index contributed by atoms with van der Waals surface area (Å²) in [4.78, 5) is 14.0. The highest BCUT2D eigenvalue weighted by Crippen LogP contribution is 2.01. The topological polar surface area (TPSA) is 35.6 Å². The third-order valence-corrected chi connectivity index (χ3v) is 3.00. The zero-order valence-electron chi connectivity index (χ0n) is 10.7. The Kier molecular flexibility index (Phi) is 4.50. The molecule has 2 rings (SSSR count). The number of hydrogen-bond donors (Lipinski definition) is 1. The second-order valence-electron chi connectivity index (χ2n) is 4.51. The molecule has 0 bridgehead atoms. The fourth-order valence-corrected chi connectivity index (χ4v) is 1.85. The van der Waals surface area contributed by atoms with Gasteiger partial charge in [-0.05, 0) is 18.7 Å². The van der Waals surface area contributed by atoms with Crippen molar-refractivity contribution in [3.63, 3.8) is 0 Å². The van der Waals surface area contributed by atoms with Crippen molar-refractivity contribution in [1.29, 1.82) is 0 Å². The summed E-state index contributed by atoms with van der Waals surface area (Å²) >= 11 is 0. The number of hydrogen-bond acceptors (Lipinski definition) is 3. The first kappa shape index (κ1) is 12.8. The lowest BCUT2D eigenvalue weighted by Gasteiger charge is -2.31. The van der Waals surface area contributed by atoms with Gasteiger partial charge in [-0.3, -0.25) is 10.2 Å². The zero-order chi connectivity index (χ0) is 12.8. The molecule has 1 heterocycles. The van der Waals surface area contributed by atoms with Crippen LogP contribution in [0.4, 0.5) is 0 Å². The molecule has 1 aromatic carbocycles. The summed E-state index contributed by atoms with van der Waals surface area (Å²) in [5.74, 6) is -0.0663. The molecule has 1 aliphatic heterocycles. The lowest BCUT2D eigenvalue weighted by Crippen LogP contribution is -2.52. The van der Waals surface area contributed by atoms with Crippen molar-refractivity contribution in [2.75, 3.05) is 33.2 Å². The summed E-state index contributed by atoms with van der Waals surface area (Å²) in [7, 11) is 2.09. The molecule has 1 saturated heterocycles. The minimum Gasteiger partial charge on any atom is -0.304 e. The normalized spacial score (nSPS) is 18.1. The number of benzene rings is 1. The number of nitrogens with zero attached hydrogens (tertiary/aromatic N) is 2. The number of hydrazine groups is 1. The molecule has 1 N–H and O–H groups in total. The molecular formula is C14H19N3O. The van der Waals surface area contributed by atoms with Crippen LogP contribution in [0.2, 0.25) is 0 Å². The molecule has 0 unspecified atom stereocenters. The third-order valence-electron chi connectivity index (χ3n) is 3.00. The van der Waals surface area contributed by atoms with Crippen molar-refractivity contribution in [2.45, 2.75) is 0 Å². The van der Waals surface area contributed by atoms with Crippen molar-refractivity contribution >= 4 is 12.0 Å². The van der Waals surface area contributed by atoms with Gasteiger partial charge in [-0.1, -0.05) is 30.3 Å². The first-order valence-electron chi connectivity index (χ1n) is 6.21. The van der Waals surface area contributed by atoms with Crippen molar-refractivity contribution < 1.29 is 4.79 Å². The summed E-state index contributed by atoms with van der Waals surface area (Å²) in [6.07, 6.45) is 3.40. The predicted octanol–water partition coefficient (Wildman–Crippen LogP) is 0.978. The maximum absolute atomic E-state index is 11.7. The quantitative estimate of drug-likeness (QED) is 0.806. The van der Waals surface area contributed by atoms with Crippen molar-refractivity contribution in [3.8, 4) is 0 Å². The SMILES string of the molecule is CN1CCN(NC(=O)/C=C/c2ccccc2)CC1. The average molecular weight is 245 g/mol. The van der Waals surface area contributed by atoms with Gasteiger partial charge in [0.1, 0.15) is 0 Å². The first-order valence-corrected chi connectivity index (χ1v) is 6.21. The molecule has 4 nitrogen and oxygen atoms in total. The van der Waals surface area contributed by atoms with E-state index < -0.39 is 0 Å². The minimum atomic E-state index is -0.0663. The van der Waals surface area contributed by atoms with Crippen LogP contribution in [0.15, 0.2) is 36.4 Å². The monoisotopic (exact) mass is 245 g/mol. The van der Waals surface area contributed by atoms with E-state index in [0.717, 1.165) is 31.7 Å². The standard InChI is InChI=1S/C14H19N3O/c1-16-9-11-17(12-10-16)15-14(18)8-7-13-5-3-2-4-6-13/h2-8H,9-12H2,1H3,(H,15,18)/b8-7+. The van der Waals surface area contributed by atoms with Crippen LogP contribution < -0.4 is 5.43 Å². The van der Waals surface area contributed by atoms with Gasteiger partial charge in [-0.2, -0.15) is 0 Å². The predicted molar refractivity (Wildman–Crippen MR) is 72.7 cm³/mol. The Morgan fingerprint density at radius 2 is 1.83 bits per heavy atom. The van der Waals surface area contributed by atoms with Gasteiger partial charge in [-0.25, -0.2) is 5.01 Å². The van der Waals surface area contributed by atoms with Gasteiger partial charge < -0.3 is 4.90 Å². The third kappa shape index (κ3) is 3.98. The Morgan fingerprint density at radius 3 is 2.50 bits per heavy atom. The summed E-state index contributed by atoms with van der Waals surface area (Å²) < 4.78 is 0. The lowest BCUT2D eigenvalue weighted by atomic mass is 10.2. The van der Waals surface area contributed by atoms with Crippen LogP contribution in [0.3, 0.4) is 0 Å². The van der Waals surface area contributed by atoms with Crippen LogP contribution in [0.1, 0.15) is 5.56 Å². The molecule has 0 spiro atoms. The van der Waals surface area contributed by atoms with Crippen LogP contribution in [0, 0.1) is 0 Å². The van der Waals surface area contributed by atoms with E-state index in [1.165, 1.54) is 0 Å². The molecule has 1 aromatic rings. The van der Waals surface area contributed by atoms with Crippen LogP contribution in [0.25, 0.3) is 6.08 Å². The molecule has 1 amide bonds. The number of piperazine rings is 1. The van der Waals surface area contributed by atoms with Gasteiger partial charge in [0.05, 0.1) is 0 Å². The van der Waals surface area contributed by atoms with Crippen molar-refractivity contribution in [1.82, 2.24) is 15.3 Å². The zero-order valence-corrected chi connectivity index (χ0v) is 10.7. The molecule has 1 aliphatic rings. The molecule has 96 valence electrons. The van der Waals surface area contributed by atoms with E-state index in [4.69, 9.17) is 0 Å². The summed E-state index contributed by atoms with van der Waals surface area (Å²) in [6, 6.07) is 9.82. The summed E-state index contributed by atoms with van der Waals surface area (Å²) in [6.45, 7) is 3.73. The number of carbonyl (C=O) groups is 1. The van der Waals surface area contributed by atoms with E-state index in [0.29, 0.717) is 0 Å². The number of amides is 1. The number of nitrogens with one attached hydrogen (secondary N) is 1. The van der Waals surface area contributed by atoms with Crippen molar-refractivity contribution in [3.05, 3.63) is 42.0 Å². The highest BCUT2D eigenvalue weighted by atomic mass is 16.2. The van der Waals surface area contributed by atoms with Gasteiger partial charge in [0.2, 0.25) is 0 Å². The fourth-order valence-electron chi connectivity index (χ4n) is 1.85. The number of likely N-dealkylation sites (N-methyl/N-ethyl adjacent to an activating group) is 1. The Balaban J connectivity index is 1.80. The Bertz CT molecular complexity index is 408. The molecule has 0 atom stereocenters. The second-order valence-corrected chi connectivity index (χ2v) is 4.51. The largest absolute Gasteiger partial charge is 0.304 e.